The third kappa shape index (κ3) is 4.37. The molecular formula is C21H33N5O. The van der Waals surface area contributed by atoms with E-state index in [1.165, 1.54) is 37.7 Å². The van der Waals surface area contributed by atoms with E-state index >= 15 is 0 Å². The topological polar surface area (TPSA) is 53.0 Å². The quantitative estimate of drug-likeness (QED) is 0.651. The molecule has 3 fully saturated rings. The lowest BCUT2D eigenvalue weighted by Gasteiger charge is -2.28. The van der Waals surface area contributed by atoms with Gasteiger partial charge in [-0.3, -0.25) is 0 Å². The molecule has 6 nitrogen and oxygen atoms in total. The summed E-state index contributed by atoms with van der Waals surface area (Å²) in [6.45, 7) is 9.95. The molecule has 0 saturated carbocycles. The monoisotopic (exact) mass is 371 g/mol. The van der Waals surface area contributed by atoms with E-state index in [1.54, 1.807) is 0 Å². The minimum atomic E-state index is 0.355. The Hall–Kier alpha value is -1.82. The first kappa shape index (κ1) is 18.5. The Bertz CT molecular complexity index is 650. The fourth-order valence-electron chi connectivity index (χ4n) is 4.53. The van der Waals surface area contributed by atoms with Crippen LogP contribution in [0.4, 0.5) is 5.82 Å². The lowest BCUT2D eigenvalue weighted by atomic mass is 9.87. The van der Waals surface area contributed by atoms with Gasteiger partial charge in [-0.1, -0.05) is 0 Å². The number of hydrogen-bond donors (Lipinski definition) is 1. The Morgan fingerprint density at radius 3 is 2.93 bits per heavy atom. The number of ether oxygens (including phenoxy) is 1. The maximum absolute atomic E-state index is 5.67. The molecule has 3 aliphatic heterocycles. The fourth-order valence-corrected chi connectivity index (χ4v) is 4.53. The maximum Gasteiger partial charge on any atom is 0.194 e. The number of rotatable bonds is 4. The largest absolute Gasteiger partial charge is 0.381 e. The molecule has 148 valence electrons. The van der Waals surface area contributed by atoms with Crippen LogP contribution in [0.1, 0.15) is 44.6 Å². The van der Waals surface area contributed by atoms with E-state index in [1.807, 2.05) is 6.20 Å². The SMILES string of the molecule is CCNC(=NCc1ccnc(N2CCCCC2)c1)N1CCC2(CCOC2)C1. The molecule has 4 rings (SSSR count). The van der Waals surface area contributed by atoms with Gasteiger partial charge in [0.2, 0.25) is 0 Å². The normalized spacial score (nSPS) is 26.2. The summed E-state index contributed by atoms with van der Waals surface area (Å²) in [6, 6.07) is 4.31. The zero-order valence-corrected chi connectivity index (χ0v) is 16.6. The minimum Gasteiger partial charge on any atom is -0.381 e. The summed E-state index contributed by atoms with van der Waals surface area (Å²) in [5.74, 6) is 2.15. The molecule has 1 N–H and O–H groups in total. The van der Waals surface area contributed by atoms with E-state index in [4.69, 9.17) is 9.73 Å². The van der Waals surface area contributed by atoms with Crippen molar-refractivity contribution in [3.63, 3.8) is 0 Å². The molecule has 6 heteroatoms. The third-order valence-electron chi connectivity index (χ3n) is 6.16. The molecule has 3 saturated heterocycles. The summed E-state index contributed by atoms with van der Waals surface area (Å²) in [4.78, 5) is 14.4. The van der Waals surface area contributed by atoms with Crippen LogP contribution in [0.25, 0.3) is 0 Å². The highest BCUT2D eigenvalue weighted by atomic mass is 16.5. The third-order valence-corrected chi connectivity index (χ3v) is 6.16. The average molecular weight is 372 g/mol. The summed E-state index contributed by atoms with van der Waals surface area (Å²) >= 11 is 0. The molecule has 1 aromatic heterocycles. The first-order valence-corrected chi connectivity index (χ1v) is 10.6. The van der Waals surface area contributed by atoms with E-state index in [0.29, 0.717) is 12.0 Å². The lowest BCUT2D eigenvalue weighted by Crippen LogP contribution is -2.41. The number of aromatic nitrogens is 1. The van der Waals surface area contributed by atoms with Crippen molar-refractivity contribution < 1.29 is 4.74 Å². The van der Waals surface area contributed by atoms with Crippen LogP contribution in [0.2, 0.25) is 0 Å². The Morgan fingerprint density at radius 2 is 2.15 bits per heavy atom. The first-order valence-electron chi connectivity index (χ1n) is 10.6. The minimum absolute atomic E-state index is 0.355. The molecule has 4 heterocycles. The molecule has 0 radical (unpaired) electrons. The molecule has 1 atom stereocenters. The number of guanidine groups is 1. The maximum atomic E-state index is 5.67. The van der Waals surface area contributed by atoms with Gasteiger partial charge in [0, 0.05) is 50.9 Å². The molecule has 1 spiro atoms. The van der Waals surface area contributed by atoms with Gasteiger partial charge >= 0.3 is 0 Å². The van der Waals surface area contributed by atoms with Crippen LogP contribution >= 0.6 is 0 Å². The number of anilines is 1. The second-order valence-corrected chi connectivity index (χ2v) is 8.21. The lowest BCUT2D eigenvalue weighted by molar-refractivity contribution is 0.156. The van der Waals surface area contributed by atoms with Crippen molar-refractivity contribution >= 4 is 11.8 Å². The number of aliphatic imine (C=N–C) groups is 1. The van der Waals surface area contributed by atoms with Gasteiger partial charge in [-0.05, 0) is 56.7 Å². The van der Waals surface area contributed by atoms with Crippen molar-refractivity contribution in [1.29, 1.82) is 0 Å². The highest BCUT2D eigenvalue weighted by molar-refractivity contribution is 5.80. The van der Waals surface area contributed by atoms with Gasteiger partial charge in [-0.15, -0.1) is 0 Å². The van der Waals surface area contributed by atoms with Crippen molar-refractivity contribution in [2.45, 2.75) is 45.6 Å². The summed E-state index contributed by atoms with van der Waals surface area (Å²) < 4.78 is 5.67. The summed E-state index contributed by atoms with van der Waals surface area (Å²) in [5, 5.41) is 3.49. The second-order valence-electron chi connectivity index (χ2n) is 8.21. The standard InChI is InChI=1S/C21H33N5O/c1-2-22-20(26-12-7-21(16-26)8-13-27-17-21)24-15-18-6-9-23-19(14-18)25-10-4-3-5-11-25/h6,9,14H,2-5,7-8,10-13,15-17H2,1H3,(H,22,24). The molecule has 0 bridgehead atoms. The van der Waals surface area contributed by atoms with E-state index in [-0.39, 0.29) is 0 Å². The van der Waals surface area contributed by atoms with E-state index in [9.17, 15) is 0 Å². The molecule has 0 amide bonds. The van der Waals surface area contributed by atoms with E-state index in [2.05, 4.69) is 39.2 Å². The van der Waals surface area contributed by atoms with Crippen LogP contribution in [0.5, 0.6) is 0 Å². The molecule has 1 unspecified atom stereocenters. The van der Waals surface area contributed by atoms with Crippen LogP contribution in [0, 0.1) is 5.41 Å². The smallest absolute Gasteiger partial charge is 0.194 e. The molecule has 0 aromatic carbocycles. The van der Waals surface area contributed by atoms with Crippen molar-refractivity contribution in [2.24, 2.45) is 10.4 Å². The molecule has 3 aliphatic rings. The number of nitrogens with one attached hydrogen (secondary N) is 1. The summed E-state index contributed by atoms with van der Waals surface area (Å²) in [7, 11) is 0. The summed E-state index contributed by atoms with van der Waals surface area (Å²) in [5.41, 5.74) is 1.59. The Labute approximate surface area is 163 Å². The number of piperidine rings is 1. The van der Waals surface area contributed by atoms with Crippen LogP contribution in [-0.4, -0.2) is 61.8 Å². The van der Waals surface area contributed by atoms with Gasteiger partial charge in [-0.2, -0.15) is 0 Å². The highest BCUT2D eigenvalue weighted by Crippen LogP contribution is 2.38. The van der Waals surface area contributed by atoms with Crippen LogP contribution in [-0.2, 0) is 11.3 Å². The van der Waals surface area contributed by atoms with Gasteiger partial charge in [0.1, 0.15) is 5.82 Å². The zero-order chi connectivity index (χ0) is 18.5. The van der Waals surface area contributed by atoms with Crippen molar-refractivity contribution in [3.8, 4) is 0 Å². The van der Waals surface area contributed by atoms with Gasteiger partial charge < -0.3 is 19.9 Å². The van der Waals surface area contributed by atoms with E-state index < -0.39 is 0 Å². The van der Waals surface area contributed by atoms with Gasteiger partial charge in [-0.25, -0.2) is 9.98 Å². The second kappa shape index (κ2) is 8.46. The van der Waals surface area contributed by atoms with Crippen LogP contribution < -0.4 is 10.2 Å². The van der Waals surface area contributed by atoms with Gasteiger partial charge in [0.25, 0.3) is 0 Å². The number of likely N-dealkylation sites (tertiary alicyclic amines) is 1. The van der Waals surface area contributed by atoms with Crippen molar-refractivity contribution in [2.75, 3.05) is 50.8 Å². The Morgan fingerprint density at radius 1 is 1.26 bits per heavy atom. The predicted molar refractivity (Wildman–Crippen MR) is 109 cm³/mol. The number of hydrogen-bond acceptors (Lipinski definition) is 4. The van der Waals surface area contributed by atoms with Gasteiger partial charge in [0.05, 0.1) is 13.2 Å². The van der Waals surface area contributed by atoms with Gasteiger partial charge in [0.15, 0.2) is 5.96 Å². The fraction of sp³-hybridized carbons (Fsp3) is 0.714. The first-order chi connectivity index (χ1) is 13.3. The predicted octanol–water partition coefficient (Wildman–Crippen LogP) is 2.65. The van der Waals surface area contributed by atoms with Crippen LogP contribution in [0.15, 0.2) is 23.3 Å². The zero-order valence-electron chi connectivity index (χ0n) is 16.6. The number of nitrogens with zero attached hydrogens (tertiary/aromatic N) is 4. The Balaban J connectivity index is 1.43. The summed E-state index contributed by atoms with van der Waals surface area (Å²) in [6.07, 6.45) is 8.22. The van der Waals surface area contributed by atoms with Crippen LogP contribution in [0.3, 0.4) is 0 Å². The highest BCUT2D eigenvalue weighted by Gasteiger charge is 2.42. The number of pyridine rings is 1. The Kier molecular flexibility index (Phi) is 5.81. The van der Waals surface area contributed by atoms with E-state index in [0.717, 1.165) is 57.7 Å². The molecule has 1 aromatic rings. The molecule has 27 heavy (non-hydrogen) atoms. The molecular weight excluding hydrogens is 338 g/mol. The van der Waals surface area contributed by atoms with Crippen molar-refractivity contribution in [1.82, 2.24) is 15.2 Å². The average Bonchev–Trinajstić information content (AvgIpc) is 3.36. The van der Waals surface area contributed by atoms with Crippen molar-refractivity contribution in [3.05, 3.63) is 23.9 Å². The molecule has 0 aliphatic carbocycles.